The van der Waals surface area contributed by atoms with Crippen molar-refractivity contribution >= 4 is 19.0 Å². The van der Waals surface area contributed by atoms with Gasteiger partial charge in [0.1, 0.15) is 0 Å². The molecule has 4 nitrogen and oxygen atoms in total. The van der Waals surface area contributed by atoms with Crippen LogP contribution in [0.3, 0.4) is 0 Å². The van der Waals surface area contributed by atoms with E-state index in [0.29, 0.717) is 17.3 Å². The molecule has 5 heteroatoms. The van der Waals surface area contributed by atoms with Gasteiger partial charge in [-0.3, -0.25) is 14.5 Å². The summed E-state index contributed by atoms with van der Waals surface area (Å²) in [6.45, 7) is 3.55. The molecule has 2 rings (SSSR count). The molecule has 0 aromatic heterocycles. The summed E-state index contributed by atoms with van der Waals surface area (Å²) < 4.78 is 11.6. The summed E-state index contributed by atoms with van der Waals surface area (Å²) in [5.41, 5.74) is 0.888. The smallest absolute Gasteiger partial charge is 0.261 e. The Morgan fingerprint density at radius 3 is 1.94 bits per heavy atom. The second-order valence-electron chi connectivity index (χ2n) is 4.61. The molecule has 17 heavy (non-hydrogen) atoms. The minimum Gasteiger partial charge on any atom is -0.324 e. The molecule has 0 radical (unpaired) electrons. The molecular weight excluding hydrogens is 237 g/mol. The van der Waals surface area contributed by atoms with Crippen molar-refractivity contribution in [1.29, 1.82) is 0 Å². The number of hydrogen-bond donors (Lipinski definition) is 0. The first-order chi connectivity index (χ1) is 7.90. The van der Waals surface area contributed by atoms with Crippen molar-refractivity contribution in [3.05, 3.63) is 35.4 Å². The molecule has 0 fully saturated rings. The highest BCUT2D eigenvalue weighted by Gasteiger charge is 2.35. The molecule has 90 valence electrons. The van der Waals surface area contributed by atoms with Gasteiger partial charge in [-0.05, 0) is 25.5 Å². The minimum absolute atomic E-state index is 0.233. The summed E-state index contributed by atoms with van der Waals surface area (Å²) in [5, 5.41) is 0. The summed E-state index contributed by atoms with van der Waals surface area (Å²) in [5.74, 6) is -0.557. The van der Waals surface area contributed by atoms with Crippen LogP contribution in [-0.2, 0) is 4.57 Å². The Morgan fingerprint density at radius 1 is 1.06 bits per heavy atom. The highest BCUT2D eigenvalue weighted by Crippen LogP contribution is 2.36. The largest absolute Gasteiger partial charge is 0.324 e. The molecule has 1 aromatic rings. The first-order valence-corrected chi connectivity index (χ1v) is 8.18. The number of benzene rings is 1. The monoisotopic (exact) mass is 251 g/mol. The molecule has 1 aromatic carbocycles. The van der Waals surface area contributed by atoms with Crippen LogP contribution in [0.1, 0.15) is 20.7 Å². The van der Waals surface area contributed by atoms with Gasteiger partial charge < -0.3 is 4.57 Å². The Kier molecular flexibility index (Phi) is 2.92. The van der Waals surface area contributed by atoms with Crippen molar-refractivity contribution in [3.8, 4) is 0 Å². The van der Waals surface area contributed by atoms with E-state index in [4.69, 9.17) is 0 Å². The van der Waals surface area contributed by atoms with Crippen LogP contribution in [0.15, 0.2) is 24.3 Å². The van der Waals surface area contributed by atoms with Gasteiger partial charge in [0, 0.05) is 12.7 Å². The highest BCUT2D eigenvalue weighted by atomic mass is 31.2. The van der Waals surface area contributed by atoms with Gasteiger partial charge in [-0.2, -0.15) is 0 Å². The molecule has 2 amide bonds. The van der Waals surface area contributed by atoms with Crippen molar-refractivity contribution in [2.45, 2.75) is 0 Å². The van der Waals surface area contributed by atoms with Crippen molar-refractivity contribution < 1.29 is 14.2 Å². The number of rotatable bonds is 3. The van der Waals surface area contributed by atoms with Crippen LogP contribution >= 0.6 is 7.14 Å². The summed E-state index contributed by atoms with van der Waals surface area (Å²) in [6.07, 6.45) is 0.373. The van der Waals surface area contributed by atoms with E-state index in [2.05, 4.69) is 0 Å². The van der Waals surface area contributed by atoms with Crippen molar-refractivity contribution in [2.24, 2.45) is 0 Å². The summed E-state index contributed by atoms with van der Waals surface area (Å²) in [4.78, 5) is 25.1. The molecule has 1 heterocycles. The number of nitrogens with zero attached hydrogens (tertiary/aromatic N) is 1. The Hall–Kier alpha value is -1.41. The Morgan fingerprint density at radius 2 is 1.53 bits per heavy atom. The third-order valence-electron chi connectivity index (χ3n) is 2.74. The highest BCUT2D eigenvalue weighted by molar-refractivity contribution is 7.62. The van der Waals surface area contributed by atoms with Crippen LogP contribution in [-0.4, -0.2) is 42.8 Å². The summed E-state index contributed by atoms with van der Waals surface area (Å²) in [7, 11) is -2.21. The van der Waals surface area contributed by atoms with E-state index in [1.54, 1.807) is 37.6 Å². The maximum Gasteiger partial charge on any atom is 0.261 e. The third-order valence-corrected chi connectivity index (χ3v) is 4.02. The van der Waals surface area contributed by atoms with Gasteiger partial charge in [0.05, 0.1) is 18.3 Å². The predicted octanol–water partition coefficient (Wildman–Crippen LogP) is 1.91. The van der Waals surface area contributed by atoms with Crippen LogP contribution in [0.5, 0.6) is 0 Å². The van der Waals surface area contributed by atoms with E-state index < -0.39 is 7.14 Å². The molecule has 1 aliphatic heterocycles. The van der Waals surface area contributed by atoms with E-state index in [0.717, 1.165) is 0 Å². The van der Waals surface area contributed by atoms with Crippen LogP contribution < -0.4 is 0 Å². The average molecular weight is 251 g/mol. The molecule has 0 aliphatic carbocycles. The quantitative estimate of drug-likeness (QED) is 0.609. The normalized spacial score (nSPS) is 15.3. The zero-order valence-electron chi connectivity index (χ0n) is 9.84. The maximum absolute atomic E-state index is 11.9. The Balaban J connectivity index is 2.22. The van der Waals surface area contributed by atoms with Gasteiger partial charge >= 0.3 is 0 Å². The number of carbonyl (C=O) groups is 2. The average Bonchev–Trinajstić information content (AvgIpc) is 2.49. The van der Waals surface area contributed by atoms with Crippen LogP contribution in [0, 0.1) is 0 Å². The lowest BCUT2D eigenvalue weighted by molar-refractivity contribution is 0.0664. The summed E-state index contributed by atoms with van der Waals surface area (Å²) in [6, 6.07) is 6.76. The van der Waals surface area contributed by atoms with E-state index in [-0.39, 0.29) is 18.4 Å². The van der Waals surface area contributed by atoms with Crippen molar-refractivity contribution in [2.75, 3.05) is 26.0 Å². The molecule has 0 unspecified atom stereocenters. The van der Waals surface area contributed by atoms with Gasteiger partial charge in [0.25, 0.3) is 11.8 Å². The van der Waals surface area contributed by atoms with Gasteiger partial charge in [-0.25, -0.2) is 0 Å². The second-order valence-corrected chi connectivity index (χ2v) is 8.20. The van der Waals surface area contributed by atoms with Gasteiger partial charge in [-0.1, -0.05) is 12.1 Å². The van der Waals surface area contributed by atoms with Gasteiger partial charge in [0.2, 0.25) is 0 Å². The minimum atomic E-state index is -2.21. The predicted molar refractivity (Wildman–Crippen MR) is 66.1 cm³/mol. The first-order valence-electron chi connectivity index (χ1n) is 5.39. The van der Waals surface area contributed by atoms with Crippen LogP contribution in [0.4, 0.5) is 0 Å². The lowest BCUT2D eigenvalue weighted by Crippen LogP contribution is -2.32. The number of carbonyl (C=O) groups excluding carboxylic acids is 2. The topological polar surface area (TPSA) is 54.5 Å². The molecule has 0 spiro atoms. The van der Waals surface area contributed by atoms with E-state index >= 15 is 0 Å². The Bertz CT molecular complexity index is 497. The first kappa shape index (κ1) is 12.1. The van der Waals surface area contributed by atoms with Crippen molar-refractivity contribution in [1.82, 2.24) is 4.90 Å². The molecule has 0 N–H and O–H groups in total. The number of imide groups is 1. The fraction of sp³-hybridized carbons (Fsp3) is 0.333. The Labute approximate surface area is 100.0 Å². The lowest BCUT2D eigenvalue weighted by Gasteiger charge is -2.15. The standard InChI is InChI=1S/C12H14NO3P/c1-17(2,16)8-7-13-11(14)9-5-3-4-6-10(9)12(13)15/h3-6H,7-8H2,1-2H3. The molecule has 0 saturated heterocycles. The zero-order valence-corrected chi connectivity index (χ0v) is 10.7. The molecule has 0 atom stereocenters. The molecular formula is C12H14NO3P. The SMILES string of the molecule is CP(C)(=O)CCN1C(=O)c2ccccc2C1=O. The number of amides is 2. The second kappa shape index (κ2) is 4.11. The zero-order chi connectivity index (χ0) is 12.6. The lowest BCUT2D eigenvalue weighted by atomic mass is 10.1. The van der Waals surface area contributed by atoms with Gasteiger partial charge in [0.15, 0.2) is 0 Å². The van der Waals surface area contributed by atoms with Crippen LogP contribution in [0.2, 0.25) is 0 Å². The van der Waals surface area contributed by atoms with E-state index in [9.17, 15) is 14.2 Å². The summed E-state index contributed by atoms with van der Waals surface area (Å²) >= 11 is 0. The van der Waals surface area contributed by atoms with E-state index in [1.807, 2.05) is 0 Å². The fourth-order valence-electron chi connectivity index (χ4n) is 1.78. The fourth-order valence-corrected chi connectivity index (χ4v) is 2.46. The number of hydrogen-bond acceptors (Lipinski definition) is 3. The van der Waals surface area contributed by atoms with Crippen LogP contribution in [0.25, 0.3) is 0 Å². The maximum atomic E-state index is 11.9. The van der Waals surface area contributed by atoms with Gasteiger partial charge in [-0.15, -0.1) is 0 Å². The van der Waals surface area contributed by atoms with Crippen molar-refractivity contribution in [3.63, 3.8) is 0 Å². The molecule has 1 aliphatic rings. The molecule has 0 bridgehead atoms. The van der Waals surface area contributed by atoms with E-state index in [1.165, 1.54) is 4.90 Å². The number of fused-ring (bicyclic) bond motifs is 1. The molecule has 0 saturated carbocycles. The third kappa shape index (κ3) is 2.32.